The number of nitrogens with zero attached hydrogens (tertiary/aromatic N) is 4. The number of benzene rings is 1. The molecule has 0 radical (unpaired) electrons. The summed E-state index contributed by atoms with van der Waals surface area (Å²) in [7, 11) is 0. The lowest BCUT2D eigenvalue weighted by atomic mass is 10.0. The number of thiazole rings is 1. The van der Waals surface area contributed by atoms with E-state index in [1.165, 1.54) is 0 Å². The minimum atomic E-state index is 0.0873. The Morgan fingerprint density at radius 2 is 1.81 bits per heavy atom. The normalized spacial score (nSPS) is 17.2. The van der Waals surface area contributed by atoms with Gasteiger partial charge in [0.2, 0.25) is 5.91 Å². The quantitative estimate of drug-likeness (QED) is 0.618. The summed E-state index contributed by atoms with van der Waals surface area (Å²) in [4.78, 5) is 36.0. The van der Waals surface area contributed by atoms with Crippen LogP contribution >= 0.6 is 11.3 Å². The van der Waals surface area contributed by atoms with Crippen LogP contribution < -0.4 is 4.90 Å². The fourth-order valence-corrected chi connectivity index (χ4v) is 5.37. The maximum atomic E-state index is 12.7. The van der Waals surface area contributed by atoms with Gasteiger partial charge >= 0.3 is 0 Å². The van der Waals surface area contributed by atoms with Crippen LogP contribution in [0.25, 0.3) is 0 Å². The predicted octanol–water partition coefficient (Wildman–Crippen LogP) is 4.18. The van der Waals surface area contributed by atoms with Crippen LogP contribution in [0.1, 0.15) is 62.0 Å². The summed E-state index contributed by atoms with van der Waals surface area (Å²) < 4.78 is 0. The third kappa shape index (κ3) is 5.33. The molecule has 0 N–H and O–H groups in total. The van der Waals surface area contributed by atoms with Crippen LogP contribution in [0.2, 0.25) is 0 Å². The lowest BCUT2D eigenvalue weighted by molar-refractivity contribution is -0.116. The molecular formula is C24H32N4O2S. The molecule has 4 rings (SSSR count). The topological polar surface area (TPSA) is 56.8 Å². The smallest absolute Gasteiger partial charge is 0.253 e. The number of anilines is 1. The minimum Gasteiger partial charge on any atom is -0.339 e. The molecule has 2 heterocycles. The number of carbonyl (C=O) groups excluding carboxylic acids is 2. The molecule has 0 spiro atoms. The molecule has 7 heteroatoms. The largest absolute Gasteiger partial charge is 0.339 e. The molecule has 31 heavy (non-hydrogen) atoms. The maximum absolute atomic E-state index is 12.7. The molecule has 1 saturated carbocycles. The molecular weight excluding hydrogens is 408 g/mol. The number of piperidine rings is 1. The zero-order valence-electron chi connectivity index (χ0n) is 18.5. The van der Waals surface area contributed by atoms with Crippen molar-refractivity contribution in [2.24, 2.45) is 0 Å². The van der Waals surface area contributed by atoms with Crippen molar-refractivity contribution >= 4 is 28.3 Å². The summed E-state index contributed by atoms with van der Waals surface area (Å²) in [6.45, 7) is 7.24. The van der Waals surface area contributed by atoms with E-state index in [0.717, 1.165) is 74.7 Å². The van der Waals surface area contributed by atoms with Crippen molar-refractivity contribution < 1.29 is 9.59 Å². The van der Waals surface area contributed by atoms with Gasteiger partial charge in [-0.1, -0.05) is 25.1 Å². The van der Waals surface area contributed by atoms with Gasteiger partial charge in [-0.05, 0) is 50.8 Å². The van der Waals surface area contributed by atoms with Crippen molar-refractivity contribution in [1.82, 2.24) is 14.8 Å². The van der Waals surface area contributed by atoms with Gasteiger partial charge in [0.25, 0.3) is 5.91 Å². The molecule has 166 valence electrons. The Morgan fingerprint density at radius 1 is 1.10 bits per heavy atom. The number of likely N-dealkylation sites (tertiary alicyclic amines) is 1. The molecule has 0 bridgehead atoms. The average molecular weight is 441 g/mol. The van der Waals surface area contributed by atoms with Crippen molar-refractivity contribution in [3.8, 4) is 0 Å². The van der Waals surface area contributed by atoms with Crippen LogP contribution in [-0.2, 0) is 11.3 Å². The third-order valence-electron chi connectivity index (χ3n) is 6.16. The highest BCUT2D eigenvalue weighted by molar-refractivity contribution is 7.14. The fraction of sp³-hybridized carbons (Fsp3) is 0.542. The van der Waals surface area contributed by atoms with E-state index in [0.29, 0.717) is 12.1 Å². The number of aromatic nitrogens is 1. The van der Waals surface area contributed by atoms with Gasteiger partial charge < -0.3 is 4.90 Å². The molecule has 1 aromatic carbocycles. The maximum Gasteiger partial charge on any atom is 0.253 e. The van der Waals surface area contributed by atoms with Gasteiger partial charge in [-0.15, -0.1) is 11.3 Å². The van der Waals surface area contributed by atoms with Crippen molar-refractivity contribution in [1.29, 1.82) is 0 Å². The molecule has 2 amide bonds. The number of hydrogen-bond donors (Lipinski definition) is 0. The second kappa shape index (κ2) is 9.92. The van der Waals surface area contributed by atoms with Crippen molar-refractivity contribution in [2.75, 3.05) is 24.5 Å². The van der Waals surface area contributed by atoms with E-state index in [1.807, 2.05) is 40.1 Å². The lowest BCUT2D eigenvalue weighted by Crippen LogP contribution is -2.46. The number of hydrogen-bond acceptors (Lipinski definition) is 5. The molecule has 0 atom stereocenters. The summed E-state index contributed by atoms with van der Waals surface area (Å²) >= 11 is 1.58. The molecule has 2 fully saturated rings. The fourth-order valence-electron chi connectivity index (χ4n) is 4.44. The average Bonchev–Trinajstić information content (AvgIpc) is 3.51. The first-order chi connectivity index (χ1) is 15.1. The van der Waals surface area contributed by atoms with Crippen molar-refractivity contribution in [2.45, 2.75) is 64.6 Å². The first-order valence-corrected chi connectivity index (χ1v) is 12.3. The van der Waals surface area contributed by atoms with E-state index in [4.69, 9.17) is 4.98 Å². The highest BCUT2D eigenvalue weighted by Gasteiger charge is 2.34. The van der Waals surface area contributed by atoms with Crippen molar-refractivity contribution in [3.63, 3.8) is 0 Å². The van der Waals surface area contributed by atoms with E-state index >= 15 is 0 Å². The van der Waals surface area contributed by atoms with E-state index in [9.17, 15) is 9.59 Å². The van der Waals surface area contributed by atoms with Gasteiger partial charge in [0.05, 0.1) is 5.69 Å². The van der Waals surface area contributed by atoms with Crippen LogP contribution in [0.5, 0.6) is 0 Å². The Hall–Kier alpha value is -2.25. The van der Waals surface area contributed by atoms with Crippen LogP contribution in [0, 0.1) is 0 Å². The molecule has 1 aliphatic heterocycles. The van der Waals surface area contributed by atoms with Gasteiger partial charge in [-0.25, -0.2) is 4.98 Å². The highest BCUT2D eigenvalue weighted by atomic mass is 32.1. The van der Waals surface area contributed by atoms with Gasteiger partial charge in [-0.2, -0.15) is 0 Å². The van der Waals surface area contributed by atoms with Gasteiger partial charge in [0.1, 0.15) is 0 Å². The second-order valence-corrected chi connectivity index (χ2v) is 9.44. The zero-order chi connectivity index (χ0) is 21.8. The molecule has 2 aromatic rings. The summed E-state index contributed by atoms with van der Waals surface area (Å²) in [6.07, 6.45) is 5.21. The Labute approximate surface area is 188 Å². The third-order valence-corrected chi connectivity index (χ3v) is 7.05. The summed E-state index contributed by atoms with van der Waals surface area (Å²) in [5.74, 6) is 0.221. The summed E-state index contributed by atoms with van der Waals surface area (Å²) in [5.41, 5.74) is 1.81. The summed E-state index contributed by atoms with van der Waals surface area (Å²) in [6, 6.07) is 10.4. The molecule has 1 aromatic heterocycles. The van der Waals surface area contributed by atoms with Gasteiger partial charge in [-0.3, -0.25) is 19.4 Å². The molecule has 0 unspecified atom stereocenters. The van der Waals surface area contributed by atoms with Gasteiger partial charge in [0, 0.05) is 49.6 Å². The zero-order valence-corrected chi connectivity index (χ0v) is 19.3. The number of amides is 2. The second-order valence-electron chi connectivity index (χ2n) is 8.60. The van der Waals surface area contributed by atoms with Crippen LogP contribution in [0.15, 0.2) is 35.7 Å². The van der Waals surface area contributed by atoms with E-state index < -0.39 is 0 Å². The lowest BCUT2D eigenvalue weighted by Gasteiger charge is -2.38. The highest BCUT2D eigenvalue weighted by Crippen LogP contribution is 2.34. The Bertz CT molecular complexity index is 888. The van der Waals surface area contributed by atoms with E-state index in [-0.39, 0.29) is 11.8 Å². The molecule has 1 aliphatic carbocycles. The number of rotatable bonds is 8. The molecule has 6 nitrogen and oxygen atoms in total. The first kappa shape index (κ1) is 22.0. The first-order valence-electron chi connectivity index (χ1n) is 11.4. The van der Waals surface area contributed by atoms with Crippen LogP contribution in [0.3, 0.4) is 0 Å². The predicted molar refractivity (Wildman–Crippen MR) is 124 cm³/mol. The van der Waals surface area contributed by atoms with E-state index in [2.05, 4.69) is 17.2 Å². The van der Waals surface area contributed by atoms with Crippen LogP contribution in [-0.4, -0.2) is 58.3 Å². The number of carbonyl (C=O) groups is 2. The molecule has 2 aliphatic rings. The minimum absolute atomic E-state index is 0.0873. The SMILES string of the molecule is CCCN(Cc1csc(N(C(C)=O)C2CC2)n1)C1CCN(C(=O)c2ccccc2)CC1. The van der Waals surface area contributed by atoms with Crippen LogP contribution in [0.4, 0.5) is 5.13 Å². The molecule has 1 saturated heterocycles. The summed E-state index contributed by atoms with van der Waals surface area (Å²) in [5, 5.41) is 2.94. The van der Waals surface area contributed by atoms with Crippen molar-refractivity contribution in [3.05, 3.63) is 47.0 Å². The Kier molecular flexibility index (Phi) is 7.02. The Morgan fingerprint density at radius 3 is 2.42 bits per heavy atom. The van der Waals surface area contributed by atoms with E-state index in [1.54, 1.807) is 18.3 Å². The van der Waals surface area contributed by atoms with Gasteiger partial charge in [0.15, 0.2) is 5.13 Å². The standard InChI is InChI=1S/C24H32N4O2S/c1-3-13-27(16-20-17-31-24(25-20)28(18(2)29)22-9-10-22)21-11-14-26(15-12-21)23(30)19-7-5-4-6-8-19/h4-8,17,21-22H,3,9-16H2,1-2H3. The monoisotopic (exact) mass is 440 g/mol. The Balaban J connectivity index is 1.36.